The van der Waals surface area contributed by atoms with Crippen molar-refractivity contribution in [2.24, 2.45) is 5.92 Å². The van der Waals surface area contributed by atoms with Crippen molar-refractivity contribution >= 4 is 28.3 Å². The number of Topliss-reactive ketones (excluding diaryl/α,β-unsaturated/α-hetero) is 1. The fourth-order valence-corrected chi connectivity index (χ4v) is 3.94. The SMILES string of the molecule is CCCOCCNC(=O)c1ccc(-c2cc3c(N)c(C(=O)CC4CC4)cnc3cc2OC)cc1. The molecule has 0 aliphatic heterocycles. The van der Waals surface area contributed by atoms with Crippen LogP contribution in [0, 0.1) is 5.92 Å². The Hall–Kier alpha value is -3.45. The number of ether oxygens (including phenoxy) is 2. The summed E-state index contributed by atoms with van der Waals surface area (Å²) in [6, 6.07) is 11.0. The predicted molar refractivity (Wildman–Crippen MR) is 133 cm³/mol. The molecule has 1 amide bonds. The van der Waals surface area contributed by atoms with Crippen LogP contribution in [0.4, 0.5) is 5.69 Å². The van der Waals surface area contributed by atoms with E-state index in [0.29, 0.717) is 65.6 Å². The molecular formula is C27H31N3O4. The molecule has 1 aromatic heterocycles. The number of pyridine rings is 1. The van der Waals surface area contributed by atoms with Gasteiger partial charge in [-0.3, -0.25) is 14.6 Å². The zero-order valence-electron chi connectivity index (χ0n) is 19.7. The van der Waals surface area contributed by atoms with Crippen LogP contribution < -0.4 is 15.8 Å². The summed E-state index contributed by atoms with van der Waals surface area (Å²) in [7, 11) is 1.60. The second-order valence-electron chi connectivity index (χ2n) is 8.67. The lowest BCUT2D eigenvalue weighted by molar-refractivity contribution is 0.0914. The molecule has 0 bridgehead atoms. The van der Waals surface area contributed by atoms with Gasteiger partial charge in [0, 0.05) is 48.3 Å². The minimum absolute atomic E-state index is 0.0437. The Kier molecular flexibility index (Phi) is 7.43. The third-order valence-corrected chi connectivity index (χ3v) is 6.04. The standard InChI is InChI=1S/C27H31N3O4/c1-3-11-34-12-10-29-27(32)19-8-6-18(7-9-19)20-14-21-23(15-25(20)33-2)30-16-22(26(21)28)24(31)13-17-4-5-17/h6-9,14-17H,3-5,10-13H2,1-2H3,(H2,28,30)(H,29,32). The number of fused-ring (bicyclic) bond motifs is 1. The molecular weight excluding hydrogens is 430 g/mol. The number of amides is 1. The molecule has 0 saturated heterocycles. The minimum Gasteiger partial charge on any atom is -0.496 e. The van der Waals surface area contributed by atoms with E-state index < -0.39 is 0 Å². The number of ketones is 1. The van der Waals surface area contributed by atoms with Gasteiger partial charge in [0.15, 0.2) is 5.78 Å². The molecule has 2 aromatic carbocycles. The Bertz CT molecular complexity index is 1190. The van der Waals surface area contributed by atoms with Gasteiger partial charge in [0.2, 0.25) is 0 Å². The normalized spacial score (nSPS) is 13.1. The van der Waals surface area contributed by atoms with Crippen molar-refractivity contribution in [3.63, 3.8) is 0 Å². The number of nitrogen functional groups attached to an aromatic ring is 1. The number of carbonyl (C=O) groups is 2. The molecule has 1 fully saturated rings. The van der Waals surface area contributed by atoms with E-state index in [-0.39, 0.29) is 11.7 Å². The summed E-state index contributed by atoms with van der Waals surface area (Å²) in [5.74, 6) is 1.02. The van der Waals surface area contributed by atoms with Crippen LogP contribution in [0.1, 0.15) is 53.3 Å². The lowest BCUT2D eigenvalue weighted by atomic mass is 9.97. The van der Waals surface area contributed by atoms with Gasteiger partial charge in [0.05, 0.1) is 30.5 Å². The van der Waals surface area contributed by atoms with Gasteiger partial charge in [-0.1, -0.05) is 19.1 Å². The first-order valence-corrected chi connectivity index (χ1v) is 11.8. The van der Waals surface area contributed by atoms with Crippen molar-refractivity contribution in [2.45, 2.75) is 32.6 Å². The van der Waals surface area contributed by atoms with Gasteiger partial charge in [-0.25, -0.2) is 0 Å². The molecule has 7 nitrogen and oxygen atoms in total. The number of hydrogen-bond acceptors (Lipinski definition) is 6. The fourth-order valence-electron chi connectivity index (χ4n) is 3.94. The smallest absolute Gasteiger partial charge is 0.251 e. The van der Waals surface area contributed by atoms with E-state index in [1.165, 1.54) is 0 Å². The molecule has 7 heteroatoms. The van der Waals surface area contributed by atoms with Gasteiger partial charge in [0.25, 0.3) is 5.91 Å². The second kappa shape index (κ2) is 10.7. The maximum absolute atomic E-state index is 12.7. The summed E-state index contributed by atoms with van der Waals surface area (Å²) in [5.41, 5.74) is 10.3. The summed E-state index contributed by atoms with van der Waals surface area (Å²) in [6.45, 7) is 3.69. The largest absolute Gasteiger partial charge is 0.496 e. The number of nitrogens with one attached hydrogen (secondary N) is 1. The molecule has 1 aliphatic rings. The molecule has 4 rings (SSSR count). The van der Waals surface area contributed by atoms with Gasteiger partial charge >= 0.3 is 0 Å². The molecule has 178 valence electrons. The maximum atomic E-state index is 12.7. The lowest BCUT2D eigenvalue weighted by Gasteiger charge is -2.14. The van der Waals surface area contributed by atoms with Crippen LogP contribution >= 0.6 is 0 Å². The molecule has 0 atom stereocenters. The molecule has 0 unspecified atom stereocenters. The predicted octanol–water partition coefficient (Wildman–Crippen LogP) is 4.63. The van der Waals surface area contributed by atoms with E-state index in [4.69, 9.17) is 15.2 Å². The number of hydrogen-bond donors (Lipinski definition) is 2. The van der Waals surface area contributed by atoms with Gasteiger partial charge in [-0.15, -0.1) is 0 Å². The van der Waals surface area contributed by atoms with Gasteiger partial charge in [-0.2, -0.15) is 0 Å². The van der Waals surface area contributed by atoms with Crippen LogP contribution in [0.3, 0.4) is 0 Å². The van der Waals surface area contributed by atoms with Gasteiger partial charge < -0.3 is 20.5 Å². The zero-order chi connectivity index (χ0) is 24.1. The highest BCUT2D eigenvalue weighted by molar-refractivity contribution is 6.08. The van der Waals surface area contributed by atoms with E-state index in [9.17, 15) is 9.59 Å². The van der Waals surface area contributed by atoms with E-state index in [1.807, 2.05) is 31.2 Å². The molecule has 34 heavy (non-hydrogen) atoms. The quantitative estimate of drug-likeness (QED) is 0.319. The minimum atomic E-state index is -0.149. The Morgan fingerprint density at radius 2 is 1.91 bits per heavy atom. The molecule has 1 saturated carbocycles. The Morgan fingerprint density at radius 1 is 1.15 bits per heavy atom. The monoisotopic (exact) mass is 461 g/mol. The highest BCUT2D eigenvalue weighted by atomic mass is 16.5. The van der Waals surface area contributed by atoms with Crippen LogP contribution in [-0.4, -0.2) is 43.5 Å². The van der Waals surface area contributed by atoms with Crippen LogP contribution in [0.25, 0.3) is 22.0 Å². The van der Waals surface area contributed by atoms with E-state index in [1.54, 1.807) is 25.4 Å². The zero-order valence-corrected chi connectivity index (χ0v) is 19.7. The average Bonchev–Trinajstić information content (AvgIpc) is 3.67. The highest BCUT2D eigenvalue weighted by Gasteiger charge is 2.26. The fraction of sp³-hybridized carbons (Fsp3) is 0.370. The number of nitrogens with zero attached hydrogens (tertiary/aromatic N) is 1. The third kappa shape index (κ3) is 5.37. The third-order valence-electron chi connectivity index (χ3n) is 6.04. The highest BCUT2D eigenvalue weighted by Crippen LogP contribution is 2.38. The maximum Gasteiger partial charge on any atom is 0.251 e. The molecule has 0 radical (unpaired) electrons. The number of rotatable bonds is 11. The van der Waals surface area contributed by atoms with Crippen molar-refractivity contribution < 1.29 is 19.1 Å². The lowest BCUT2D eigenvalue weighted by Crippen LogP contribution is -2.27. The van der Waals surface area contributed by atoms with E-state index >= 15 is 0 Å². The van der Waals surface area contributed by atoms with Crippen molar-refractivity contribution in [1.82, 2.24) is 10.3 Å². The van der Waals surface area contributed by atoms with Crippen molar-refractivity contribution in [3.8, 4) is 16.9 Å². The number of nitrogens with two attached hydrogens (primary N) is 1. The van der Waals surface area contributed by atoms with Gasteiger partial charge in [0.1, 0.15) is 5.75 Å². The summed E-state index contributed by atoms with van der Waals surface area (Å²) in [6.07, 6.45) is 5.26. The summed E-state index contributed by atoms with van der Waals surface area (Å²) in [4.78, 5) is 29.6. The summed E-state index contributed by atoms with van der Waals surface area (Å²) < 4.78 is 11.0. The number of benzene rings is 2. The Labute approximate surface area is 199 Å². The van der Waals surface area contributed by atoms with Crippen molar-refractivity contribution in [3.05, 3.63) is 53.7 Å². The number of anilines is 1. The Balaban J connectivity index is 1.57. The molecule has 3 N–H and O–H groups in total. The molecule has 0 spiro atoms. The van der Waals surface area contributed by atoms with Crippen molar-refractivity contribution in [2.75, 3.05) is 32.6 Å². The Morgan fingerprint density at radius 3 is 2.59 bits per heavy atom. The first kappa shape index (κ1) is 23.7. The first-order valence-electron chi connectivity index (χ1n) is 11.8. The number of aromatic nitrogens is 1. The summed E-state index contributed by atoms with van der Waals surface area (Å²) in [5, 5.41) is 3.57. The molecule has 1 heterocycles. The van der Waals surface area contributed by atoms with Crippen LogP contribution in [0.5, 0.6) is 5.75 Å². The number of methoxy groups -OCH3 is 1. The second-order valence-corrected chi connectivity index (χ2v) is 8.67. The van der Waals surface area contributed by atoms with E-state index in [0.717, 1.165) is 30.4 Å². The first-order chi connectivity index (χ1) is 16.5. The van der Waals surface area contributed by atoms with Crippen LogP contribution in [-0.2, 0) is 4.74 Å². The number of carbonyl (C=O) groups excluding carboxylic acids is 2. The average molecular weight is 462 g/mol. The topological polar surface area (TPSA) is 104 Å². The van der Waals surface area contributed by atoms with E-state index in [2.05, 4.69) is 10.3 Å². The molecule has 3 aromatic rings. The molecule has 1 aliphatic carbocycles. The van der Waals surface area contributed by atoms with Crippen LogP contribution in [0.2, 0.25) is 0 Å². The van der Waals surface area contributed by atoms with Crippen molar-refractivity contribution in [1.29, 1.82) is 0 Å². The van der Waals surface area contributed by atoms with Gasteiger partial charge in [-0.05, 0) is 48.9 Å². The summed E-state index contributed by atoms with van der Waals surface area (Å²) >= 11 is 0. The van der Waals surface area contributed by atoms with Crippen LogP contribution in [0.15, 0.2) is 42.6 Å².